The molecule has 0 unspecified atom stereocenters. The van der Waals surface area contributed by atoms with E-state index in [9.17, 15) is 0 Å². The van der Waals surface area contributed by atoms with Gasteiger partial charge in [-0.2, -0.15) is 17.5 Å². The molecule has 66 heteroatoms. The van der Waals surface area contributed by atoms with Crippen LogP contribution in [0.2, 0.25) is 0 Å². The zero-order chi connectivity index (χ0) is 18.3. The summed E-state index contributed by atoms with van der Waals surface area (Å²) in [5.74, 6) is 0. The fourth-order valence-electron chi connectivity index (χ4n) is 3.93. The largest absolute Gasteiger partial charge is 0.182 e. The maximum atomic E-state index is 2.42. The molecule has 328 valence electrons. The van der Waals surface area contributed by atoms with Crippen LogP contribution in [0.4, 0.5) is 0 Å². The first-order valence-corrected chi connectivity index (χ1v) is 8.94. The van der Waals surface area contributed by atoms with E-state index in [1.54, 1.807) is 0 Å². The molecule has 66 radical (unpaired) electrons. The van der Waals surface area contributed by atoms with Crippen LogP contribution in [0.5, 0.6) is 0 Å². The normalized spacial score (nSPS) is 2.91. The minimum atomic E-state index is 0. The average Bonchev–Trinajstić information content (AvgIpc) is 2.56. The van der Waals surface area contributed by atoms with Crippen LogP contribution in [0.25, 0.3) is 0 Å². The van der Waals surface area contributed by atoms with E-state index in [4.69, 9.17) is 0 Å². The Morgan fingerprint density at radius 1 is 0.111 bits per heavy atom. The Labute approximate surface area is 2220 Å². The molecular weight excluding hydrogens is 6160 g/mol. The van der Waals surface area contributed by atoms with Crippen LogP contribution in [0.3, 0.4) is 0 Å². The van der Waals surface area contributed by atoms with Gasteiger partial charge < -0.3 is 0 Å². The molecule has 0 spiro atoms. The minimum Gasteiger partial charge on any atom is -0.182 e. The van der Waals surface area contributed by atoms with Crippen molar-refractivity contribution >= 4 is 0 Å². The van der Waals surface area contributed by atoms with Gasteiger partial charge in [-0.25, -0.2) is 0 Å². The molecule has 0 saturated carbocycles. The van der Waals surface area contributed by atoms with E-state index in [1.165, 1.54) is 66.8 Å². The van der Waals surface area contributed by atoms with Gasteiger partial charge in [0.1, 0.15) is 0 Å². The Hall–Kier alpha value is 71.0. The Morgan fingerprint density at radius 2 is 0.189 bits per heavy atom. The van der Waals surface area contributed by atoms with Gasteiger partial charge in [-0.1, -0.05) is 65.2 Å². The van der Waals surface area contributed by atoms with Gasteiger partial charge in [0.05, 0.1) is 0 Å². The van der Waals surface area contributed by atoms with E-state index in [2.05, 4.69) is 82.1 Å². The first kappa shape index (κ1) is 447. The fraction of sp³-hybridized carbons (Fsp3) is 0.417. The van der Waals surface area contributed by atoms with Gasteiger partial charge in [-0.05, 0) is 20.8 Å². The monoisotopic (exact) mass is 6190 g/mol. The topological polar surface area (TPSA) is 0 Å². The van der Waals surface area contributed by atoms with Gasteiger partial charge in [-0.15, -0.1) is 45.4 Å². The molecule has 0 aromatic heterocycles. The van der Waals surface area contributed by atoms with Gasteiger partial charge in [0.25, 0.3) is 0 Å². The van der Waals surface area contributed by atoms with Crippen molar-refractivity contribution in [1.82, 2.24) is 0 Å². The van der Waals surface area contributed by atoms with E-state index >= 15 is 0 Å². The van der Waals surface area contributed by atoms with Crippen molar-refractivity contribution < 1.29 is 2160 Å². The van der Waals surface area contributed by atoms with Gasteiger partial charge in [0, 0.05) is 2160 Å². The Kier molecular flexibility index (Phi) is 1690. The summed E-state index contributed by atoms with van der Waals surface area (Å²) in [7, 11) is 0. The summed E-state index contributed by atoms with van der Waals surface area (Å²) in [6, 6.07) is 0. The molecule has 0 aliphatic heterocycles. The van der Waals surface area contributed by atoms with Crippen LogP contribution in [-0.2, 0) is 2160 Å². The summed E-state index contributed by atoms with van der Waals surface area (Å²) in [6.45, 7) is 22.4. The van der Waals surface area contributed by atoms with Crippen molar-refractivity contribution in [3.63, 3.8) is 0 Å². The van der Waals surface area contributed by atoms with Crippen molar-refractivity contribution in [2.75, 3.05) is 0 Å². The van der Waals surface area contributed by atoms with E-state index in [1.807, 2.05) is 0 Å². The van der Waals surface area contributed by atoms with Crippen LogP contribution in [0, 0.1) is 75.2 Å². The smallest absolute Gasteiger partial charge is 0 e. The number of hydrogen-bond donors (Lipinski definition) is 0. The van der Waals surface area contributed by atoms with Crippen LogP contribution < -0.4 is 0 Å². The van der Waals surface area contributed by atoms with E-state index in [0.29, 0.717) is 0 Å². The van der Waals surface area contributed by atoms with Gasteiger partial charge in [0.15, 0.2) is 0 Å². The van der Waals surface area contributed by atoms with Crippen molar-refractivity contribution in [2.24, 2.45) is 0 Å². The van der Waals surface area contributed by atoms with Crippen molar-refractivity contribution in [2.45, 2.75) is 69.2 Å². The molecule has 0 heterocycles. The predicted octanol–water partition coefficient (Wildman–Crippen LogP) is 6.47. The molecule has 2 aromatic carbocycles. The van der Waals surface area contributed by atoms with Crippen LogP contribution in [0.1, 0.15) is 73.7 Å². The van der Waals surface area contributed by atoms with Gasteiger partial charge >= 0.3 is 0 Å². The molecule has 90 heavy (non-hydrogen) atoms. The second-order valence-electron chi connectivity index (χ2n) is 7.30. The summed E-state index contributed by atoms with van der Waals surface area (Å²) in [4.78, 5) is 0. The van der Waals surface area contributed by atoms with Crippen LogP contribution in [-0.4, -0.2) is 0 Å². The standard InChI is InChI=1S/C24H32.66Y/c1-11-22-17(6)16(5)20(9)24(21(22)10)12-23-18(7)14(3)13(2)15(4)19(23)8;;;;;;;;;;;;;;;;;;;;;;;;;;;;;;;;;;;;;;;;;;;;;;;;;;;;;;;;;;;;;;;;;;/h11-12H,1-10H3;;;;;;;;;;;;;;;;;;;;;;;;;;;;;;;;;;;;;;;;;;;;;;;;;;;;;;;;;;;;;;;;;;/q-2;;;;;;;;;;;;;;;;;;;;;;;;;;;;;;;;;;;;;;;;;;;;;;;;;;;;;;;;;;;;;;;;;;. The molecule has 0 aliphatic carbocycles. The van der Waals surface area contributed by atoms with Gasteiger partial charge in [-0.3, -0.25) is 0 Å². The SMILES string of the molecule is C[CH-]c1c(C)c(C)c(C)c([CH-]c2c(C)c(C)c(C)c(C)c2C)c1C.[Y].[Y].[Y].[Y].[Y].[Y].[Y].[Y].[Y].[Y].[Y].[Y].[Y].[Y].[Y].[Y].[Y].[Y].[Y].[Y].[Y].[Y].[Y].[Y].[Y].[Y].[Y].[Y].[Y].[Y].[Y].[Y].[Y].[Y].[Y].[Y].[Y].[Y].[Y].[Y].[Y].[Y].[Y].[Y].[Y].[Y].[Y].[Y].[Y].[Y].[Y].[Y].[Y].[Y].[Y].[Y].[Y].[Y].[Y].[Y].[Y].[Y].[Y].[Y].[Y].[Y]. The number of rotatable bonds is 3. The zero-order valence-electron chi connectivity index (χ0n) is 55.3. The second-order valence-corrected chi connectivity index (χ2v) is 7.30. The molecule has 0 N–H and O–H groups in total. The summed E-state index contributed by atoms with van der Waals surface area (Å²) in [5.41, 5.74) is 16.9. The van der Waals surface area contributed by atoms with Crippen molar-refractivity contribution in [1.29, 1.82) is 0 Å². The first-order valence-electron chi connectivity index (χ1n) is 8.94. The summed E-state index contributed by atoms with van der Waals surface area (Å²) >= 11 is 0. The average molecular weight is 6190 g/mol. The molecule has 0 bridgehead atoms. The van der Waals surface area contributed by atoms with Crippen molar-refractivity contribution in [3.05, 3.63) is 79.6 Å². The summed E-state index contributed by atoms with van der Waals surface area (Å²) < 4.78 is 0. The Balaban J connectivity index is -0.00000000150. The second kappa shape index (κ2) is 340. The van der Waals surface area contributed by atoms with E-state index in [-0.39, 0.29) is 2160 Å². The third-order valence-electron chi connectivity index (χ3n) is 6.38. The fourth-order valence-corrected chi connectivity index (χ4v) is 3.93. The third kappa shape index (κ3) is 254. The molecule has 0 aliphatic rings. The molecule has 0 nitrogen and oxygen atoms in total. The molecule has 0 amide bonds. The van der Waals surface area contributed by atoms with Crippen molar-refractivity contribution in [3.8, 4) is 0 Å². The Bertz CT molecular complexity index is 850. The van der Waals surface area contributed by atoms with E-state index in [0.717, 1.165) is 0 Å². The Morgan fingerprint density at radius 3 is 0.300 bits per heavy atom. The third-order valence-corrected chi connectivity index (χ3v) is 6.38. The quantitative estimate of drug-likeness (QED) is 0.310. The minimum absolute atomic E-state index is 0. The molecular formula is C24H32Y66-2. The molecule has 0 atom stereocenters. The number of benzene rings is 2. The molecule has 2 aromatic rings. The van der Waals surface area contributed by atoms with Crippen LogP contribution >= 0.6 is 0 Å². The number of hydrogen-bond acceptors (Lipinski definition) is 0. The molecule has 0 fully saturated rings. The first-order chi connectivity index (χ1) is 11.1. The maximum Gasteiger partial charge on any atom is 0 e. The summed E-state index contributed by atoms with van der Waals surface area (Å²) in [5, 5.41) is 0. The summed E-state index contributed by atoms with van der Waals surface area (Å²) in [6.07, 6.45) is 4.67. The zero-order valence-corrected chi connectivity index (χ0v) is 243. The molecule has 2 rings (SSSR count). The van der Waals surface area contributed by atoms with Crippen LogP contribution in [0.15, 0.2) is 0 Å². The van der Waals surface area contributed by atoms with E-state index < -0.39 is 0 Å². The van der Waals surface area contributed by atoms with Gasteiger partial charge in [0.2, 0.25) is 0 Å². The predicted molar refractivity (Wildman–Crippen MR) is 107 cm³/mol. The maximum absolute atomic E-state index is 2.42. The molecule has 0 saturated heterocycles.